The Bertz CT molecular complexity index is 893. The first-order chi connectivity index (χ1) is 12.5. The fourth-order valence-electron chi connectivity index (χ4n) is 2.54. The van der Waals surface area contributed by atoms with Crippen LogP contribution in [0.2, 0.25) is 0 Å². The Hall–Kier alpha value is -3.35. The third kappa shape index (κ3) is 4.18. The van der Waals surface area contributed by atoms with Crippen LogP contribution in [0.5, 0.6) is 0 Å². The number of anilines is 1. The number of hydrogen-bond acceptors (Lipinski definition) is 5. The van der Waals surface area contributed by atoms with Gasteiger partial charge in [-0.3, -0.25) is 9.59 Å². The van der Waals surface area contributed by atoms with Crippen LogP contribution in [0.1, 0.15) is 33.1 Å². The quantitative estimate of drug-likeness (QED) is 0.710. The first-order valence-corrected chi connectivity index (χ1v) is 8.15. The van der Waals surface area contributed by atoms with Gasteiger partial charge in [0.25, 0.3) is 5.91 Å². The normalized spacial score (nSPS) is 10.5. The molecule has 2 amide bonds. The van der Waals surface area contributed by atoms with E-state index in [0.717, 1.165) is 16.8 Å². The standard InChI is InChI=1S/C19H19N3O4/c1-12-16(13(2)26-22-12)10-18(23)20-11-14-5-3-6-15(9-14)21-19(24)17-7-4-8-25-17/h3-9H,10-11H2,1-2H3,(H,20,23)(H,21,24). The summed E-state index contributed by atoms with van der Waals surface area (Å²) in [5.74, 6) is 0.447. The van der Waals surface area contributed by atoms with Crippen molar-refractivity contribution < 1.29 is 18.5 Å². The molecule has 3 rings (SSSR count). The fourth-order valence-corrected chi connectivity index (χ4v) is 2.54. The van der Waals surface area contributed by atoms with E-state index in [1.807, 2.05) is 19.1 Å². The third-order valence-corrected chi connectivity index (χ3v) is 3.94. The van der Waals surface area contributed by atoms with Gasteiger partial charge in [-0.05, 0) is 43.7 Å². The van der Waals surface area contributed by atoms with Crippen molar-refractivity contribution in [3.63, 3.8) is 0 Å². The summed E-state index contributed by atoms with van der Waals surface area (Å²) in [6.45, 7) is 3.95. The molecular weight excluding hydrogens is 334 g/mol. The molecule has 0 saturated carbocycles. The van der Waals surface area contributed by atoms with Gasteiger partial charge in [-0.1, -0.05) is 17.3 Å². The lowest BCUT2D eigenvalue weighted by atomic mass is 10.1. The minimum Gasteiger partial charge on any atom is -0.459 e. The van der Waals surface area contributed by atoms with E-state index in [0.29, 0.717) is 18.0 Å². The maximum absolute atomic E-state index is 12.1. The zero-order valence-corrected chi connectivity index (χ0v) is 14.5. The number of hydrogen-bond donors (Lipinski definition) is 2. The molecule has 0 aliphatic carbocycles. The lowest BCUT2D eigenvalue weighted by Gasteiger charge is -2.08. The van der Waals surface area contributed by atoms with E-state index in [9.17, 15) is 9.59 Å². The van der Waals surface area contributed by atoms with Crippen LogP contribution in [0.3, 0.4) is 0 Å². The molecule has 0 atom stereocenters. The van der Waals surface area contributed by atoms with Crippen molar-refractivity contribution in [3.8, 4) is 0 Å². The highest BCUT2D eigenvalue weighted by atomic mass is 16.5. The molecule has 0 fully saturated rings. The zero-order chi connectivity index (χ0) is 18.5. The lowest BCUT2D eigenvalue weighted by Crippen LogP contribution is -2.25. The van der Waals surface area contributed by atoms with E-state index in [1.165, 1.54) is 6.26 Å². The number of carbonyl (C=O) groups excluding carboxylic acids is 2. The maximum atomic E-state index is 12.1. The zero-order valence-electron chi connectivity index (χ0n) is 14.5. The number of amides is 2. The molecule has 0 radical (unpaired) electrons. The molecule has 1 aromatic carbocycles. The molecule has 2 aromatic heterocycles. The van der Waals surface area contributed by atoms with Crippen LogP contribution >= 0.6 is 0 Å². The molecule has 0 spiro atoms. The lowest BCUT2D eigenvalue weighted by molar-refractivity contribution is -0.120. The largest absolute Gasteiger partial charge is 0.459 e. The van der Waals surface area contributed by atoms with Gasteiger partial charge >= 0.3 is 0 Å². The SMILES string of the molecule is Cc1noc(C)c1CC(=O)NCc1cccc(NC(=O)c2ccco2)c1. The third-order valence-electron chi connectivity index (χ3n) is 3.94. The van der Waals surface area contributed by atoms with Gasteiger partial charge in [0.1, 0.15) is 5.76 Å². The van der Waals surface area contributed by atoms with Gasteiger partial charge in [0.2, 0.25) is 5.91 Å². The number of nitrogens with zero attached hydrogens (tertiary/aromatic N) is 1. The van der Waals surface area contributed by atoms with E-state index in [1.54, 1.807) is 31.2 Å². The van der Waals surface area contributed by atoms with E-state index in [2.05, 4.69) is 15.8 Å². The van der Waals surface area contributed by atoms with Crippen LogP contribution in [0.4, 0.5) is 5.69 Å². The average molecular weight is 353 g/mol. The topological polar surface area (TPSA) is 97.4 Å². The summed E-state index contributed by atoms with van der Waals surface area (Å²) < 4.78 is 10.1. The highest BCUT2D eigenvalue weighted by Gasteiger charge is 2.13. The van der Waals surface area contributed by atoms with Crippen LogP contribution in [0.25, 0.3) is 0 Å². The Morgan fingerprint density at radius 1 is 1.15 bits per heavy atom. The van der Waals surface area contributed by atoms with Gasteiger partial charge in [-0.2, -0.15) is 0 Å². The van der Waals surface area contributed by atoms with Crippen molar-refractivity contribution in [2.45, 2.75) is 26.8 Å². The summed E-state index contributed by atoms with van der Waals surface area (Å²) in [6.07, 6.45) is 1.66. The summed E-state index contributed by atoms with van der Waals surface area (Å²) in [5.41, 5.74) is 3.03. The van der Waals surface area contributed by atoms with E-state index < -0.39 is 0 Å². The fraction of sp³-hybridized carbons (Fsp3) is 0.211. The van der Waals surface area contributed by atoms with Gasteiger partial charge in [-0.25, -0.2) is 0 Å². The summed E-state index contributed by atoms with van der Waals surface area (Å²) in [4.78, 5) is 24.1. The molecule has 134 valence electrons. The van der Waals surface area contributed by atoms with E-state index in [-0.39, 0.29) is 24.0 Å². The van der Waals surface area contributed by atoms with Crippen molar-refractivity contribution in [2.75, 3.05) is 5.32 Å². The predicted octanol–water partition coefficient (Wildman–Crippen LogP) is 3.00. The molecule has 7 nitrogen and oxygen atoms in total. The predicted molar refractivity (Wildman–Crippen MR) is 94.6 cm³/mol. The Labute approximate surface area is 150 Å². The van der Waals surface area contributed by atoms with Crippen LogP contribution in [0, 0.1) is 13.8 Å². The summed E-state index contributed by atoms with van der Waals surface area (Å²) >= 11 is 0. The molecule has 0 unspecified atom stereocenters. The van der Waals surface area contributed by atoms with Crippen molar-refractivity contribution in [1.29, 1.82) is 0 Å². The molecule has 0 bridgehead atoms. The summed E-state index contributed by atoms with van der Waals surface area (Å²) in [5, 5.41) is 9.46. The first kappa shape index (κ1) is 17.5. The Kier molecular flexibility index (Phi) is 5.17. The van der Waals surface area contributed by atoms with Crippen LogP contribution in [-0.2, 0) is 17.8 Å². The molecule has 26 heavy (non-hydrogen) atoms. The van der Waals surface area contributed by atoms with E-state index in [4.69, 9.17) is 8.94 Å². The summed E-state index contributed by atoms with van der Waals surface area (Å²) in [6, 6.07) is 10.5. The molecule has 0 aliphatic heterocycles. The molecule has 0 saturated heterocycles. The van der Waals surface area contributed by atoms with Crippen molar-refractivity contribution >= 4 is 17.5 Å². The van der Waals surface area contributed by atoms with Gasteiger partial charge < -0.3 is 19.6 Å². The van der Waals surface area contributed by atoms with Gasteiger partial charge in [-0.15, -0.1) is 0 Å². The first-order valence-electron chi connectivity index (χ1n) is 8.15. The van der Waals surface area contributed by atoms with Gasteiger partial charge in [0.05, 0.1) is 18.4 Å². The van der Waals surface area contributed by atoms with Crippen molar-refractivity contribution in [1.82, 2.24) is 10.5 Å². The molecule has 7 heteroatoms. The Morgan fingerprint density at radius 2 is 2.00 bits per heavy atom. The molecule has 3 aromatic rings. The molecular formula is C19H19N3O4. The number of rotatable bonds is 6. The van der Waals surface area contributed by atoms with Crippen molar-refractivity contribution in [3.05, 3.63) is 71.0 Å². The van der Waals surface area contributed by atoms with Crippen LogP contribution in [0.15, 0.2) is 51.6 Å². The second-order valence-corrected chi connectivity index (χ2v) is 5.89. The Balaban J connectivity index is 1.57. The highest BCUT2D eigenvalue weighted by molar-refractivity contribution is 6.02. The van der Waals surface area contributed by atoms with E-state index >= 15 is 0 Å². The minimum atomic E-state index is -0.324. The second-order valence-electron chi connectivity index (χ2n) is 5.89. The number of aryl methyl sites for hydroxylation is 2. The average Bonchev–Trinajstić information content (AvgIpc) is 3.26. The molecule has 0 aliphatic rings. The highest BCUT2D eigenvalue weighted by Crippen LogP contribution is 2.14. The minimum absolute atomic E-state index is 0.121. The number of furan rings is 1. The van der Waals surface area contributed by atoms with Crippen LogP contribution < -0.4 is 10.6 Å². The monoisotopic (exact) mass is 353 g/mol. The van der Waals surface area contributed by atoms with Gasteiger partial charge in [0, 0.05) is 17.8 Å². The molecule has 2 heterocycles. The number of nitrogens with one attached hydrogen (secondary N) is 2. The number of benzene rings is 1. The number of carbonyl (C=O) groups is 2. The van der Waals surface area contributed by atoms with Crippen molar-refractivity contribution in [2.24, 2.45) is 0 Å². The number of aromatic nitrogens is 1. The second kappa shape index (κ2) is 7.69. The molecule has 2 N–H and O–H groups in total. The van der Waals surface area contributed by atoms with Crippen LogP contribution in [-0.4, -0.2) is 17.0 Å². The summed E-state index contributed by atoms with van der Waals surface area (Å²) in [7, 11) is 0. The smallest absolute Gasteiger partial charge is 0.291 e. The Morgan fingerprint density at radius 3 is 2.69 bits per heavy atom. The maximum Gasteiger partial charge on any atom is 0.291 e. The van der Waals surface area contributed by atoms with Gasteiger partial charge in [0.15, 0.2) is 5.76 Å².